The van der Waals surface area contributed by atoms with Gasteiger partial charge in [-0.3, -0.25) is 0 Å². The Kier molecular flexibility index (Phi) is 9.33. The lowest BCUT2D eigenvalue weighted by Gasteiger charge is -2.38. The van der Waals surface area contributed by atoms with Gasteiger partial charge in [-0.05, 0) is 0 Å². The molecule has 0 aliphatic carbocycles. The summed E-state index contributed by atoms with van der Waals surface area (Å²) in [6.45, 7) is 5.84. The van der Waals surface area contributed by atoms with Gasteiger partial charge in [-0.1, -0.05) is 12.1 Å². The first kappa shape index (κ1) is 27.3. The zero-order valence-electron chi connectivity index (χ0n) is 14.2. The molecule has 0 saturated heterocycles. The molecule has 0 spiro atoms. The summed E-state index contributed by atoms with van der Waals surface area (Å²) >= 11 is 0. The van der Waals surface area contributed by atoms with Gasteiger partial charge in [-0.25, -0.2) is 4.57 Å². The fourth-order valence-corrected chi connectivity index (χ4v) is 2.45. The van der Waals surface area contributed by atoms with Crippen LogP contribution >= 0.6 is 7.37 Å². The Morgan fingerprint density at radius 3 is 1.66 bits per heavy atom. The summed E-state index contributed by atoms with van der Waals surface area (Å²) in [5.41, 5.74) is -14.4. The molecule has 1 aromatic heterocycles. The van der Waals surface area contributed by atoms with E-state index in [1.165, 1.54) is 0 Å². The van der Waals surface area contributed by atoms with Crippen molar-refractivity contribution in [3.63, 3.8) is 0 Å². The summed E-state index contributed by atoms with van der Waals surface area (Å²) in [5.74, 6) is 0. The first-order valence-corrected chi connectivity index (χ1v) is 8.89. The van der Waals surface area contributed by atoms with Crippen LogP contribution in [0.3, 0.4) is 0 Å². The Labute approximate surface area is 157 Å². The molecule has 29 heavy (non-hydrogen) atoms. The quantitative estimate of drug-likeness (QED) is 0.200. The van der Waals surface area contributed by atoms with Crippen molar-refractivity contribution >= 4 is 7.37 Å². The first-order valence-electron chi connectivity index (χ1n) is 7.26. The van der Waals surface area contributed by atoms with Crippen molar-refractivity contribution in [3.05, 3.63) is 43.2 Å². The zero-order valence-corrected chi connectivity index (χ0v) is 15.1. The molecule has 0 aliphatic rings. The van der Waals surface area contributed by atoms with Crippen molar-refractivity contribution in [3.8, 4) is 0 Å². The first-order chi connectivity index (χ1) is 12.9. The highest BCUT2D eigenvalue weighted by atomic mass is 31.2. The number of ether oxygens (including phenoxy) is 1. The minimum absolute atomic E-state index is 0.632. The number of rotatable bonds is 7. The van der Waals surface area contributed by atoms with Crippen LogP contribution in [0.1, 0.15) is 0 Å². The smallest absolute Gasteiger partial charge is 0.459 e. The van der Waals surface area contributed by atoms with Gasteiger partial charge in [0.1, 0.15) is 6.61 Å². The maximum Gasteiger partial charge on any atom is 0.459 e. The molecule has 0 saturated carbocycles. The second-order valence-electron chi connectivity index (χ2n) is 5.11. The lowest BCUT2D eigenvalue weighted by molar-refractivity contribution is -0.698. The molecule has 0 atom stereocenters. The van der Waals surface area contributed by atoms with Crippen molar-refractivity contribution < 1.29 is 62.7 Å². The van der Waals surface area contributed by atoms with Gasteiger partial charge in [0, 0.05) is 12.1 Å². The van der Waals surface area contributed by atoms with Crippen LogP contribution in [0.15, 0.2) is 43.2 Å². The number of nitrogens with zero attached hydrogens (tertiary/aromatic N) is 1. The SMILES string of the molecule is C=CCOCC[n+]1ccccc1.O=P([O-])(C(F)(F)C(F)(F)F)C(F)(F)C(F)(F)F. The van der Waals surface area contributed by atoms with E-state index in [-0.39, 0.29) is 0 Å². The molecule has 0 N–H and O–H groups in total. The molecule has 0 bridgehead atoms. The van der Waals surface area contributed by atoms with Gasteiger partial charge in [0.25, 0.3) is 0 Å². The zero-order chi connectivity index (χ0) is 23.1. The minimum Gasteiger partial charge on any atom is -0.790 e. The van der Waals surface area contributed by atoms with Crippen molar-refractivity contribution in [1.29, 1.82) is 0 Å². The number of pyridine rings is 1. The van der Waals surface area contributed by atoms with Gasteiger partial charge in [0.05, 0.1) is 6.61 Å². The van der Waals surface area contributed by atoms with Gasteiger partial charge in [-0.2, -0.15) is 43.9 Å². The number of hydrogen-bond donors (Lipinski definition) is 0. The van der Waals surface area contributed by atoms with E-state index in [1.807, 2.05) is 30.6 Å². The lowest BCUT2D eigenvalue weighted by atomic mass is 10.5. The van der Waals surface area contributed by atoms with Gasteiger partial charge in [0.2, 0.25) is 0 Å². The highest BCUT2D eigenvalue weighted by Crippen LogP contribution is 2.72. The second kappa shape index (κ2) is 9.90. The lowest BCUT2D eigenvalue weighted by Crippen LogP contribution is -2.50. The van der Waals surface area contributed by atoms with Crippen molar-refractivity contribution in [2.75, 3.05) is 13.2 Å². The van der Waals surface area contributed by atoms with E-state index in [1.54, 1.807) is 6.08 Å². The average Bonchev–Trinajstić information content (AvgIpc) is 2.58. The second-order valence-corrected chi connectivity index (χ2v) is 7.33. The fourth-order valence-electron chi connectivity index (χ4n) is 1.43. The molecule has 1 rings (SSSR count). The Morgan fingerprint density at radius 2 is 1.31 bits per heavy atom. The molecular formula is C14H14F10NO3P. The molecule has 168 valence electrons. The number of halogens is 10. The number of alkyl halides is 10. The fraction of sp³-hybridized carbons (Fsp3) is 0.500. The molecule has 1 heterocycles. The van der Waals surface area contributed by atoms with Gasteiger partial charge in [0.15, 0.2) is 26.3 Å². The van der Waals surface area contributed by atoms with Crippen LogP contribution in [0.4, 0.5) is 43.9 Å². The molecule has 0 amide bonds. The molecule has 4 nitrogen and oxygen atoms in total. The summed E-state index contributed by atoms with van der Waals surface area (Å²) in [5, 5.41) is 0. The third-order valence-electron chi connectivity index (χ3n) is 2.93. The molecule has 0 fully saturated rings. The molecular weight excluding hydrogens is 451 g/mol. The van der Waals surface area contributed by atoms with Crippen LogP contribution in [-0.4, -0.2) is 36.9 Å². The predicted octanol–water partition coefficient (Wildman–Crippen LogP) is 4.11. The molecule has 0 aromatic carbocycles. The largest absolute Gasteiger partial charge is 0.790 e. The van der Waals surface area contributed by atoms with Crippen molar-refractivity contribution in [2.24, 2.45) is 0 Å². The van der Waals surface area contributed by atoms with E-state index in [0.29, 0.717) is 6.61 Å². The summed E-state index contributed by atoms with van der Waals surface area (Å²) in [7, 11) is -8.51. The third kappa shape index (κ3) is 6.68. The highest BCUT2D eigenvalue weighted by molar-refractivity contribution is 7.59. The highest BCUT2D eigenvalue weighted by Gasteiger charge is 2.78. The Balaban J connectivity index is 0.000000571. The van der Waals surface area contributed by atoms with Gasteiger partial charge >= 0.3 is 23.7 Å². The molecule has 1 aromatic rings. The van der Waals surface area contributed by atoms with Crippen LogP contribution in [-0.2, 0) is 15.8 Å². The van der Waals surface area contributed by atoms with E-state index in [0.717, 1.165) is 13.2 Å². The normalized spacial score (nSPS) is 13.5. The Bertz CT molecular complexity index is 661. The minimum atomic E-state index is -8.51. The summed E-state index contributed by atoms with van der Waals surface area (Å²) in [6, 6.07) is 6.02. The van der Waals surface area contributed by atoms with E-state index in [9.17, 15) is 53.4 Å². The van der Waals surface area contributed by atoms with Crippen LogP contribution in [0, 0.1) is 0 Å². The predicted molar refractivity (Wildman–Crippen MR) is 77.3 cm³/mol. The maximum atomic E-state index is 12.1. The van der Waals surface area contributed by atoms with E-state index >= 15 is 0 Å². The van der Waals surface area contributed by atoms with Crippen LogP contribution in [0.5, 0.6) is 0 Å². The topological polar surface area (TPSA) is 53.2 Å². The van der Waals surface area contributed by atoms with E-state index < -0.39 is 31.0 Å². The molecule has 15 heteroatoms. The standard InChI is InChI=1S/C10H14NO.C4HF10O2P/c1-2-9-12-10-8-11-6-4-3-5-7-11;5-1(6,7)3(11,12)17(15,16)4(13,14)2(8,9)10/h2-7H,1,8-10H2;(H,15,16)/q+1;/p-1. The molecule has 0 unspecified atom stereocenters. The van der Waals surface area contributed by atoms with Gasteiger partial charge in [-0.15, -0.1) is 6.58 Å². The van der Waals surface area contributed by atoms with E-state index in [2.05, 4.69) is 11.1 Å². The van der Waals surface area contributed by atoms with Crippen molar-refractivity contribution in [2.45, 2.75) is 30.2 Å². The van der Waals surface area contributed by atoms with Gasteiger partial charge < -0.3 is 14.2 Å². The number of aromatic nitrogens is 1. The van der Waals surface area contributed by atoms with Crippen LogP contribution < -0.4 is 9.46 Å². The molecule has 0 radical (unpaired) electrons. The Morgan fingerprint density at radius 1 is 0.897 bits per heavy atom. The number of hydrogen-bond acceptors (Lipinski definition) is 3. The monoisotopic (exact) mass is 465 g/mol. The third-order valence-corrected chi connectivity index (χ3v) is 4.91. The summed E-state index contributed by atoms with van der Waals surface area (Å²) in [4.78, 5) is 10.1. The summed E-state index contributed by atoms with van der Waals surface area (Å²) < 4.78 is 134. The Hall–Kier alpha value is -1.66. The summed E-state index contributed by atoms with van der Waals surface area (Å²) in [6.07, 6.45) is -8.36. The average molecular weight is 465 g/mol. The van der Waals surface area contributed by atoms with Crippen LogP contribution in [0.2, 0.25) is 0 Å². The van der Waals surface area contributed by atoms with Crippen LogP contribution in [0.25, 0.3) is 0 Å². The maximum absolute atomic E-state index is 12.1. The molecule has 0 aliphatic heterocycles. The van der Waals surface area contributed by atoms with E-state index in [4.69, 9.17) is 4.74 Å². The van der Waals surface area contributed by atoms with Crippen molar-refractivity contribution in [1.82, 2.24) is 0 Å².